The highest BCUT2D eigenvalue weighted by atomic mass is 16.6. The highest BCUT2D eigenvalue weighted by Crippen LogP contribution is 2.25. The molecule has 0 aliphatic rings. The molecule has 0 unspecified atom stereocenters. The van der Waals surface area contributed by atoms with Gasteiger partial charge in [0.25, 0.3) is 0 Å². The van der Waals surface area contributed by atoms with Crippen molar-refractivity contribution in [3.05, 3.63) is 56.2 Å². The van der Waals surface area contributed by atoms with E-state index >= 15 is 0 Å². The van der Waals surface area contributed by atoms with E-state index in [2.05, 4.69) is 15.0 Å². The standard InChI is InChI=1S/C24H32N6O6/c1-2-24(15-34-21(31)3-9-28-12-6-25-18-28,16-35-22(32)4-10-29-13-7-26-19-29)17-36-23(33)5-11-30-14-8-27-20-30/h6-8,12-14,18-20H,2-5,9-11,15-17H2,1H3. The maximum Gasteiger partial charge on any atom is 0.307 e. The van der Waals surface area contributed by atoms with Gasteiger partial charge in [0.15, 0.2) is 0 Å². The second kappa shape index (κ2) is 13.8. The Hall–Kier alpha value is -3.96. The molecule has 194 valence electrons. The minimum atomic E-state index is -0.861. The van der Waals surface area contributed by atoms with E-state index in [1.54, 1.807) is 69.9 Å². The van der Waals surface area contributed by atoms with E-state index in [1.165, 1.54) is 0 Å². The summed E-state index contributed by atoms with van der Waals surface area (Å²) < 4.78 is 21.9. The van der Waals surface area contributed by atoms with Crippen LogP contribution in [-0.2, 0) is 48.2 Å². The molecule has 12 nitrogen and oxygen atoms in total. The van der Waals surface area contributed by atoms with Gasteiger partial charge in [0.05, 0.1) is 43.7 Å². The number of hydrogen-bond donors (Lipinski definition) is 0. The van der Waals surface area contributed by atoms with E-state index in [0.29, 0.717) is 26.1 Å². The molecule has 0 saturated carbocycles. The van der Waals surface area contributed by atoms with E-state index in [0.717, 1.165) is 0 Å². The number of carbonyl (C=O) groups excluding carboxylic acids is 3. The molecule has 3 aromatic heterocycles. The summed E-state index contributed by atoms with van der Waals surface area (Å²) in [6.07, 6.45) is 16.0. The lowest BCUT2D eigenvalue weighted by molar-refractivity contribution is -0.162. The molecule has 0 N–H and O–H groups in total. The Morgan fingerprint density at radius 3 is 1.22 bits per heavy atom. The van der Waals surface area contributed by atoms with Gasteiger partial charge in [-0.05, 0) is 6.42 Å². The Bertz CT molecular complexity index is 918. The molecule has 3 rings (SSSR count). The van der Waals surface area contributed by atoms with Crippen LogP contribution in [-0.4, -0.2) is 66.4 Å². The molecule has 0 aliphatic heterocycles. The summed E-state index contributed by atoms with van der Waals surface area (Å²) in [5, 5.41) is 0. The minimum absolute atomic E-state index is 0.0458. The van der Waals surface area contributed by atoms with Gasteiger partial charge in [-0.3, -0.25) is 14.4 Å². The Balaban J connectivity index is 1.52. The van der Waals surface area contributed by atoms with Gasteiger partial charge in [0, 0.05) is 56.8 Å². The average molecular weight is 501 g/mol. The van der Waals surface area contributed by atoms with Crippen LogP contribution in [0.1, 0.15) is 32.6 Å². The molecule has 0 aromatic carbocycles. The van der Waals surface area contributed by atoms with Crippen molar-refractivity contribution in [2.24, 2.45) is 5.41 Å². The third-order valence-electron chi connectivity index (χ3n) is 5.77. The lowest BCUT2D eigenvalue weighted by Crippen LogP contribution is -2.39. The van der Waals surface area contributed by atoms with Crippen LogP contribution in [0.25, 0.3) is 0 Å². The van der Waals surface area contributed by atoms with Gasteiger partial charge in [-0.1, -0.05) is 6.92 Å². The van der Waals surface area contributed by atoms with E-state index in [4.69, 9.17) is 14.2 Å². The zero-order valence-corrected chi connectivity index (χ0v) is 20.4. The topological polar surface area (TPSA) is 132 Å². The maximum absolute atomic E-state index is 12.4. The first kappa shape index (κ1) is 26.6. The van der Waals surface area contributed by atoms with Crippen molar-refractivity contribution in [3.8, 4) is 0 Å². The molecule has 0 spiro atoms. The van der Waals surface area contributed by atoms with E-state index < -0.39 is 23.3 Å². The number of imidazole rings is 3. The summed E-state index contributed by atoms with van der Waals surface area (Å²) in [6, 6.07) is 0. The first-order valence-electron chi connectivity index (χ1n) is 11.8. The van der Waals surface area contributed by atoms with Crippen molar-refractivity contribution in [2.75, 3.05) is 19.8 Å². The van der Waals surface area contributed by atoms with Crippen molar-refractivity contribution in [2.45, 2.75) is 52.2 Å². The van der Waals surface area contributed by atoms with Crippen LogP contribution in [0.4, 0.5) is 0 Å². The normalized spacial score (nSPS) is 11.2. The number of hydrogen-bond acceptors (Lipinski definition) is 9. The van der Waals surface area contributed by atoms with E-state index in [-0.39, 0.29) is 39.1 Å². The molecule has 0 fully saturated rings. The molecule has 3 aromatic rings. The zero-order valence-electron chi connectivity index (χ0n) is 20.4. The molecule has 3 heterocycles. The van der Waals surface area contributed by atoms with Gasteiger partial charge in [-0.15, -0.1) is 0 Å². The van der Waals surface area contributed by atoms with Crippen LogP contribution in [0.3, 0.4) is 0 Å². The van der Waals surface area contributed by atoms with Gasteiger partial charge in [0.1, 0.15) is 19.8 Å². The zero-order chi connectivity index (χ0) is 25.6. The van der Waals surface area contributed by atoms with Gasteiger partial charge in [0.2, 0.25) is 0 Å². The van der Waals surface area contributed by atoms with Gasteiger partial charge >= 0.3 is 17.9 Å². The summed E-state index contributed by atoms with van der Waals surface area (Å²) in [7, 11) is 0. The molecular formula is C24H32N6O6. The second-order valence-corrected chi connectivity index (χ2v) is 8.49. The van der Waals surface area contributed by atoms with Crippen LogP contribution >= 0.6 is 0 Å². The third-order valence-corrected chi connectivity index (χ3v) is 5.77. The first-order chi connectivity index (χ1) is 17.5. The largest absolute Gasteiger partial charge is 0.465 e. The second-order valence-electron chi connectivity index (χ2n) is 8.49. The Morgan fingerprint density at radius 2 is 0.972 bits per heavy atom. The van der Waals surface area contributed by atoms with Crippen molar-refractivity contribution in [3.63, 3.8) is 0 Å². The summed E-state index contributed by atoms with van der Waals surface area (Å²) in [5.41, 5.74) is -0.861. The third kappa shape index (κ3) is 9.01. The number of carbonyl (C=O) groups is 3. The number of esters is 3. The molecule has 36 heavy (non-hydrogen) atoms. The summed E-state index contributed by atoms with van der Waals surface area (Å²) in [5.74, 6) is -1.21. The number of aromatic nitrogens is 6. The number of ether oxygens (including phenoxy) is 3. The van der Waals surface area contributed by atoms with Crippen LogP contribution in [0.5, 0.6) is 0 Å². The Kier molecular flexibility index (Phi) is 10.2. The van der Waals surface area contributed by atoms with Gasteiger partial charge < -0.3 is 27.9 Å². The van der Waals surface area contributed by atoms with Gasteiger partial charge in [-0.2, -0.15) is 0 Å². The minimum Gasteiger partial charge on any atom is -0.465 e. The number of rotatable bonds is 16. The lowest BCUT2D eigenvalue weighted by atomic mass is 9.88. The molecule has 0 amide bonds. The summed E-state index contributed by atoms with van der Waals surface area (Å²) >= 11 is 0. The predicted octanol–water partition coefficient (Wildman–Crippen LogP) is 1.87. The van der Waals surface area contributed by atoms with Crippen LogP contribution in [0, 0.1) is 5.41 Å². The molecule has 12 heteroatoms. The van der Waals surface area contributed by atoms with Gasteiger partial charge in [-0.25, -0.2) is 15.0 Å². The Morgan fingerprint density at radius 1 is 0.639 bits per heavy atom. The number of nitrogens with zero attached hydrogens (tertiary/aromatic N) is 6. The monoisotopic (exact) mass is 500 g/mol. The highest BCUT2D eigenvalue weighted by molar-refractivity contribution is 5.70. The van der Waals surface area contributed by atoms with Crippen LogP contribution in [0.2, 0.25) is 0 Å². The van der Waals surface area contributed by atoms with Crippen LogP contribution in [0.15, 0.2) is 56.2 Å². The molecule has 0 saturated heterocycles. The number of aryl methyl sites for hydroxylation is 3. The smallest absolute Gasteiger partial charge is 0.307 e. The van der Waals surface area contributed by atoms with Crippen molar-refractivity contribution in [1.82, 2.24) is 28.7 Å². The molecule has 0 aliphatic carbocycles. The highest BCUT2D eigenvalue weighted by Gasteiger charge is 2.34. The Labute approximate surface area is 209 Å². The van der Waals surface area contributed by atoms with E-state index in [9.17, 15) is 14.4 Å². The fourth-order valence-corrected chi connectivity index (χ4v) is 3.27. The summed E-state index contributed by atoms with van der Waals surface area (Å²) in [4.78, 5) is 48.9. The van der Waals surface area contributed by atoms with Crippen molar-refractivity contribution in [1.29, 1.82) is 0 Å². The fraction of sp³-hybridized carbons (Fsp3) is 0.500. The molecular weight excluding hydrogens is 468 g/mol. The van der Waals surface area contributed by atoms with Crippen LogP contribution < -0.4 is 0 Å². The predicted molar refractivity (Wildman–Crippen MR) is 126 cm³/mol. The lowest BCUT2D eigenvalue weighted by Gasteiger charge is -2.31. The van der Waals surface area contributed by atoms with Crippen molar-refractivity contribution < 1.29 is 28.6 Å². The molecule has 0 radical (unpaired) electrons. The fourth-order valence-electron chi connectivity index (χ4n) is 3.27. The maximum atomic E-state index is 12.4. The van der Waals surface area contributed by atoms with E-state index in [1.807, 2.05) is 6.92 Å². The molecule has 0 atom stereocenters. The SMILES string of the molecule is CCC(COC(=O)CCn1ccnc1)(COC(=O)CCn1ccnc1)COC(=O)CCn1ccnc1. The average Bonchev–Trinajstić information content (AvgIpc) is 3.69. The molecule has 0 bridgehead atoms. The quantitative estimate of drug-likeness (QED) is 0.213. The summed E-state index contributed by atoms with van der Waals surface area (Å²) in [6.45, 7) is 3.04. The first-order valence-corrected chi connectivity index (χ1v) is 11.8. The van der Waals surface area contributed by atoms with Crippen molar-refractivity contribution >= 4 is 17.9 Å².